The average Bonchev–Trinajstić information content (AvgIpc) is 2.79. The maximum Gasteiger partial charge on any atom is 0.0494 e. The predicted molar refractivity (Wildman–Crippen MR) is 121 cm³/mol. The van der Waals surface area contributed by atoms with Crippen LogP contribution in [0, 0.1) is 0 Å². The van der Waals surface area contributed by atoms with Gasteiger partial charge in [0.2, 0.25) is 0 Å². The number of anilines is 2. The SMILES string of the molecule is CN(c1ccc(-c2ccccc2)cc1)c1cc2ccccc2c2ccccc12. The first kappa shape index (κ1) is 16.6. The first-order chi connectivity index (χ1) is 13.8. The van der Waals surface area contributed by atoms with Gasteiger partial charge in [0.1, 0.15) is 0 Å². The third-order valence-electron chi connectivity index (χ3n) is 5.47. The molecule has 1 heteroatoms. The quantitative estimate of drug-likeness (QED) is 0.303. The monoisotopic (exact) mass is 359 g/mol. The molecule has 5 rings (SSSR count). The second-order valence-electron chi connectivity index (χ2n) is 7.13. The van der Waals surface area contributed by atoms with Crippen molar-refractivity contribution in [1.82, 2.24) is 0 Å². The van der Waals surface area contributed by atoms with E-state index in [9.17, 15) is 0 Å². The van der Waals surface area contributed by atoms with Gasteiger partial charge in [0.25, 0.3) is 0 Å². The molecule has 0 saturated carbocycles. The van der Waals surface area contributed by atoms with E-state index in [0.717, 1.165) is 0 Å². The van der Waals surface area contributed by atoms with Crippen LogP contribution in [-0.2, 0) is 0 Å². The molecule has 0 aliphatic carbocycles. The molecule has 0 aliphatic heterocycles. The maximum absolute atomic E-state index is 2.29. The molecule has 0 unspecified atom stereocenters. The molecule has 0 aliphatic rings. The summed E-state index contributed by atoms with van der Waals surface area (Å²) in [7, 11) is 2.15. The molecule has 1 nitrogen and oxygen atoms in total. The Morgan fingerprint density at radius 1 is 0.500 bits per heavy atom. The largest absolute Gasteiger partial charge is 0.344 e. The third kappa shape index (κ3) is 2.82. The fraction of sp³-hybridized carbons (Fsp3) is 0.0370. The van der Waals surface area contributed by atoms with Gasteiger partial charge in [-0.2, -0.15) is 0 Å². The van der Waals surface area contributed by atoms with Gasteiger partial charge in [0.15, 0.2) is 0 Å². The maximum atomic E-state index is 2.29. The van der Waals surface area contributed by atoms with E-state index in [1.54, 1.807) is 0 Å². The molecular weight excluding hydrogens is 338 g/mol. The van der Waals surface area contributed by atoms with Gasteiger partial charge >= 0.3 is 0 Å². The highest BCUT2D eigenvalue weighted by atomic mass is 15.1. The van der Waals surface area contributed by atoms with Crippen molar-refractivity contribution in [1.29, 1.82) is 0 Å². The van der Waals surface area contributed by atoms with Crippen molar-refractivity contribution in [3.63, 3.8) is 0 Å². The van der Waals surface area contributed by atoms with Crippen LogP contribution >= 0.6 is 0 Å². The Balaban J connectivity index is 1.61. The Labute approximate surface area is 165 Å². The molecule has 0 heterocycles. The van der Waals surface area contributed by atoms with Crippen LogP contribution in [-0.4, -0.2) is 7.05 Å². The van der Waals surface area contributed by atoms with Gasteiger partial charge in [0.05, 0.1) is 0 Å². The summed E-state index contributed by atoms with van der Waals surface area (Å²) in [6.45, 7) is 0. The molecule has 0 aromatic heterocycles. The lowest BCUT2D eigenvalue weighted by molar-refractivity contribution is 1.22. The molecular formula is C27H21N. The number of hydrogen-bond acceptors (Lipinski definition) is 1. The minimum Gasteiger partial charge on any atom is -0.344 e. The summed E-state index contributed by atoms with van der Waals surface area (Å²) in [6.07, 6.45) is 0. The molecule has 5 aromatic rings. The van der Waals surface area contributed by atoms with Crippen molar-refractivity contribution in [2.75, 3.05) is 11.9 Å². The Morgan fingerprint density at radius 3 is 1.82 bits per heavy atom. The van der Waals surface area contributed by atoms with Gasteiger partial charge in [-0.1, -0.05) is 91.0 Å². The number of benzene rings is 5. The van der Waals surface area contributed by atoms with Crippen LogP contribution in [0.2, 0.25) is 0 Å². The van der Waals surface area contributed by atoms with Crippen molar-refractivity contribution in [2.24, 2.45) is 0 Å². The van der Waals surface area contributed by atoms with Gasteiger partial charge < -0.3 is 4.90 Å². The average molecular weight is 359 g/mol. The summed E-state index contributed by atoms with van der Waals surface area (Å²) < 4.78 is 0. The zero-order valence-corrected chi connectivity index (χ0v) is 15.8. The van der Waals surface area contributed by atoms with Crippen LogP contribution in [0.25, 0.3) is 32.7 Å². The van der Waals surface area contributed by atoms with Crippen molar-refractivity contribution >= 4 is 32.9 Å². The van der Waals surface area contributed by atoms with Gasteiger partial charge in [-0.05, 0) is 45.5 Å². The zero-order valence-electron chi connectivity index (χ0n) is 15.8. The Morgan fingerprint density at radius 2 is 1.07 bits per heavy atom. The summed E-state index contributed by atoms with van der Waals surface area (Å²) in [4.78, 5) is 2.28. The lowest BCUT2D eigenvalue weighted by Gasteiger charge is -2.23. The summed E-state index contributed by atoms with van der Waals surface area (Å²) >= 11 is 0. The first-order valence-electron chi connectivity index (χ1n) is 9.61. The summed E-state index contributed by atoms with van der Waals surface area (Å²) in [6, 6.07) is 38.9. The topological polar surface area (TPSA) is 3.24 Å². The van der Waals surface area contributed by atoms with E-state index in [-0.39, 0.29) is 0 Å². The van der Waals surface area contributed by atoms with Crippen LogP contribution in [0.5, 0.6) is 0 Å². The zero-order chi connectivity index (χ0) is 18.9. The molecule has 0 radical (unpaired) electrons. The molecule has 0 saturated heterocycles. The van der Waals surface area contributed by atoms with Gasteiger partial charge in [-0.25, -0.2) is 0 Å². The number of nitrogens with zero attached hydrogens (tertiary/aromatic N) is 1. The molecule has 0 fully saturated rings. The fourth-order valence-corrected chi connectivity index (χ4v) is 3.96. The number of hydrogen-bond donors (Lipinski definition) is 0. The van der Waals surface area contributed by atoms with Crippen LogP contribution in [0.15, 0.2) is 109 Å². The van der Waals surface area contributed by atoms with Crippen LogP contribution in [0.4, 0.5) is 11.4 Å². The normalized spacial score (nSPS) is 11.0. The summed E-state index contributed by atoms with van der Waals surface area (Å²) in [5.41, 5.74) is 4.89. The Bertz CT molecular complexity index is 1250. The molecule has 5 aromatic carbocycles. The number of fused-ring (bicyclic) bond motifs is 3. The molecule has 0 spiro atoms. The van der Waals surface area contributed by atoms with E-state index >= 15 is 0 Å². The van der Waals surface area contributed by atoms with Crippen molar-refractivity contribution in [2.45, 2.75) is 0 Å². The van der Waals surface area contributed by atoms with E-state index in [4.69, 9.17) is 0 Å². The van der Waals surface area contributed by atoms with Crippen molar-refractivity contribution in [3.8, 4) is 11.1 Å². The van der Waals surface area contributed by atoms with Crippen molar-refractivity contribution in [3.05, 3.63) is 109 Å². The summed E-state index contributed by atoms with van der Waals surface area (Å²) in [5.74, 6) is 0. The van der Waals surface area contributed by atoms with E-state index in [1.807, 2.05) is 0 Å². The van der Waals surface area contributed by atoms with E-state index < -0.39 is 0 Å². The fourth-order valence-electron chi connectivity index (χ4n) is 3.96. The minimum absolute atomic E-state index is 1.18. The van der Waals surface area contributed by atoms with E-state index in [1.165, 1.54) is 44.0 Å². The Hall–Kier alpha value is -3.58. The molecule has 134 valence electrons. The van der Waals surface area contributed by atoms with Gasteiger partial charge in [-0.15, -0.1) is 0 Å². The molecule has 0 amide bonds. The second-order valence-corrected chi connectivity index (χ2v) is 7.13. The standard InChI is InChI=1S/C27H21N/c1-28(23-17-15-21(16-18-23)20-9-3-2-4-10-20)27-19-22-11-5-6-12-24(22)25-13-7-8-14-26(25)27/h2-19H,1H3. The highest BCUT2D eigenvalue weighted by molar-refractivity contribution is 6.13. The minimum atomic E-state index is 1.18. The van der Waals surface area contributed by atoms with Gasteiger partial charge in [0, 0.05) is 23.8 Å². The smallest absolute Gasteiger partial charge is 0.0494 e. The van der Waals surface area contributed by atoms with Crippen molar-refractivity contribution < 1.29 is 0 Å². The van der Waals surface area contributed by atoms with Crippen LogP contribution in [0.1, 0.15) is 0 Å². The van der Waals surface area contributed by atoms with Gasteiger partial charge in [-0.3, -0.25) is 0 Å². The van der Waals surface area contributed by atoms with Crippen LogP contribution in [0.3, 0.4) is 0 Å². The molecule has 0 bridgehead atoms. The lowest BCUT2D eigenvalue weighted by Crippen LogP contribution is -2.09. The molecule has 0 atom stereocenters. The predicted octanol–water partition coefficient (Wildman–Crippen LogP) is 7.43. The highest BCUT2D eigenvalue weighted by Crippen LogP contribution is 2.36. The molecule has 0 N–H and O–H groups in total. The van der Waals surface area contributed by atoms with Crippen LogP contribution < -0.4 is 4.90 Å². The first-order valence-corrected chi connectivity index (χ1v) is 9.61. The third-order valence-corrected chi connectivity index (χ3v) is 5.47. The molecule has 28 heavy (non-hydrogen) atoms. The van der Waals surface area contributed by atoms with E-state index in [0.29, 0.717) is 0 Å². The lowest BCUT2D eigenvalue weighted by atomic mass is 9.99. The highest BCUT2D eigenvalue weighted by Gasteiger charge is 2.11. The number of rotatable bonds is 3. The van der Waals surface area contributed by atoms with E-state index in [2.05, 4.69) is 121 Å². The summed E-state index contributed by atoms with van der Waals surface area (Å²) in [5, 5.41) is 5.14. The second kappa shape index (κ2) is 6.86. The Kier molecular flexibility index (Phi) is 4.06.